The Balaban J connectivity index is 1.93. The molecule has 1 aromatic heterocycles. The van der Waals surface area contributed by atoms with E-state index in [1.807, 2.05) is 12.1 Å². The predicted molar refractivity (Wildman–Crippen MR) is 78.8 cm³/mol. The van der Waals surface area contributed by atoms with Crippen LogP contribution in [-0.2, 0) is 6.42 Å². The van der Waals surface area contributed by atoms with Crippen LogP contribution in [0.15, 0.2) is 47.2 Å². The summed E-state index contributed by atoms with van der Waals surface area (Å²) in [6.45, 7) is 0.561. The molecule has 1 aromatic carbocycles. The van der Waals surface area contributed by atoms with Crippen LogP contribution in [0.1, 0.15) is 15.9 Å². The second-order valence-electron chi connectivity index (χ2n) is 4.11. The van der Waals surface area contributed by atoms with Crippen molar-refractivity contribution in [3.63, 3.8) is 0 Å². The van der Waals surface area contributed by atoms with E-state index < -0.39 is 0 Å². The Labute approximate surface area is 120 Å². The number of rotatable bonds is 4. The van der Waals surface area contributed by atoms with E-state index in [0.717, 1.165) is 16.5 Å². The highest BCUT2D eigenvalue weighted by molar-refractivity contribution is 9.10. The summed E-state index contributed by atoms with van der Waals surface area (Å²) >= 11 is 3.34. The van der Waals surface area contributed by atoms with Crippen LogP contribution in [0.5, 0.6) is 0 Å². The molecule has 0 aliphatic rings. The third-order valence-corrected chi connectivity index (χ3v) is 3.35. The summed E-state index contributed by atoms with van der Waals surface area (Å²) in [5, 5.41) is 2.86. The van der Waals surface area contributed by atoms with Crippen molar-refractivity contribution in [1.29, 1.82) is 0 Å². The summed E-state index contributed by atoms with van der Waals surface area (Å²) in [5.41, 5.74) is 7.89. The van der Waals surface area contributed by atoms with Crippen molar-refractivity contribution in [3.8, 4) is 0 Å². The van der Waals surface area contributed by atoms with E-state index in [1.165, 1.54) is 0 Å². The first-order valence-electron chi connectivity index (χ1n) is 5.89. The standard InChI is InChI=1S/C14H14BrN3O/c15-13-4-3-11(16)8-12(13)14(19)18-7-5-10-2-1-6-17-9-10/h1-4,6,8-9H,5,7,16H2,(H,18,19). The maximum absolute atomic E-state index is 12.0. The minimum absolute atomic E-state index is 0.136. The van der Waals surface area contributed by atoms with Gasteiger partial charge in [-0.25, -0.2) is 0 Å². The zero-order valence-corrected chi connectivity index (χ0v) is 11.9. The fourth-order valence-electron chi connectivity index (χ4n) is 1.68. The summed E-state index contributed by atoms with van der Waals surface area (Å²) in [6.07, 6.45) is 4.27. The number of anilines is 1. The highest BCUT2D eigenvalue weighted by Crippen LogP contribution is 2.19. The molecular formula is C14H14BrN3O. The second-order valence-corrected chi connectivity index (χ2v) is 4.96. The van der Waals surface area contributed by atoms with Gasteiger partial charge in [-0.3, -0.25) is 9.78 Å². The van der Waals surface area contributed by atoms with Crippen LogP contribution < -0.4 is 11.1 Å². The summed E-state index contributed by atoms with van der Waals surface area (Å²) in [5.74, 6) is -0.136. The molecule has 5 heteroatoms. The Hall–Kier alpha value is -1.88. The molecule has 0 aliphatic carbocycles. The van der Waals surface area contributed by atoms with Gasteiger partial charge in [-0.1, -0.05) is 6.07 Å². The normalized spacial score (nSPS) is 10.2. The molecule has 1 amide bonds. The molecule has 1 heterocycles. The predicted octanol–water partition coefficient (Wildman–Crippen LogP) is 2.40. The van der Waals surface area contributed by atoms with Crippen LogP contribution in [0.3, 0.4) is 0 Å². The Morgan fingerprint density at radius 1 is 1.37 bits per heavy atom. The van der Waals surface area contributed by atoms with Gasteiger partial charge in [0, 0.05) is 29.1 Å². The number of carbonyl (C=O) groups excluding carboxylic acids is 1. The number of nitrogens with two attached hydrogens (primary N) is 1. The van der Waals surface area contributed by atoms with Crippen molar-refractivity contribution in [2.24, 2.45) is 0 Å². The molecule has 3 N–H and O–H groups in total. The average Bonchev–Trinajstić information content (AvgIpc) is 2.42. The summed E-state index contributed by atoms with van der Waals surface area (Å²) in [4.78, 5) is 16.0. The van der Waals surface area contributed by atoms with Gasteiger partial charge < -0.3 is 11.1 Å². The maximum Gasteiger partial charge on any atom is 0.252 e. The lowest BCUT2D eigenvalue weighted by atomic mass is 10.1. The number of carbonyl (C=O) groups is 1. The zero-order valence-electron chi connectivity index (χ0n) is 10.3. The monoisotopic (exact) mass is 319 g/mol. The molecule has 0 spiro atoms. The first-order valence-corrected chi connectivity index (χ1v) is 6.68. The van der Waals surface area contributed by atoms with Crippen molar-refractivity contribution >= 4 is 27.5 Å². The summed E-state index contributed by atoms with van der Waals surface area (Å²) in [7, 11) is 0. The van der Waals surface area contributed by atoms with Gasteiger partial charge in [-0.05, 0) is 52.2 Å². The van der Waals surface area contributed by atoms with Crippen LogP contribution in [0.4, 0.5) is 5.69 Å². The molecule has 0 atom stereocenters. The maximum atomic E-state index is 12.0. The number of benzene rings is 1. The minimum atomic E-state index is -0.136. The number of hydrogen-bond acceptors (Lipinski definition) is 3. The van der Waals surface area contributed by atoms with Gasteiger partial charge in [0.15, 0.2) is 0 Å². The van der Waals surface area contributed by atoms with E-state index in [4.69, 9.17) is 5.73 Å². The van der Waals surface area contributed by atoms with E-state index >= 15 is 0 Å². The lowest BCUT2D eigenvalue weighted by Crippen LogP contribution is -2.26. The SMILES string of the molecule is Nc1ccc(Br)c(C(=O)NCCc2cccnc2)c1. The molecule has 0 bridgehead atoms. The molecule has 98 valence electrons. The molecule has 2 rings (SSSR count). The van der Waals surface area contributed by atoms with Crippen molar-refractivity contribution in [2.45, 2.75) is 6.42 Å². The molecule has 0 fully saturated rings. The molecule has 0 radical (unpaired) electrons. The Kier molecular flexibility index (Phi) is 4.52. The number of nitrogens with one attached hydrogen (secondary N) is 1. The molecular weight excluding hydrogens is 306 g/mol. The van der Waals surface area contributed by atoms with Gasteiger partial charge in [0.05, 0.1) is 5.56 Å². The minimum Gasteiger partial charge on any atom is -0.399 e. The van der Waals surface area contributed by atoms with E-state index in [0.29, 0.717) is 17.8 Å². The number of nitrogens with zero attached hydrogens (tertiary/aromatic N) is 1. The fraction of sp³-hybridized carbons (Fsp3) is 0.143. The van der Waals surface area contributed by atoms with Crippen molar-refractivity contribution < 1.29 is 4.79 Å². The second kappa shape index (κ2) is 6.33. The van der Waals surface area contributed by atoms with Gasteiger partial charge in [-0.15, -0.1) is 0 Å². The lowest BCUT2D eigenvalue weighted by molar-refractivity contribution is 0.0953. The topological polar surface area (TPSA) is 68.0 Å². The van der Waals surface area contributed by atoms with Crippen LogP contribution in [-0.4, -0.2) is 17.4 Å². The van der Waals surface area contributed by atoms with Crippen LogP contribution >= 0.6 is 15.9 Å². The number of halogens is 1. The third kappa shape index (κ3) is 3.79. The summed E-state index contributed by atoms with van der Waals surface area (Å²) < 4.78 is 0.737. The largest absolute Gasteiger partial charge is 0.399 e. The smallest absolute Gasteiger partial charge is 0.252 e. The first kappa shape index (κ1) is 13.5. The third-order valence-electron chi connectivity index (χ3n) is 2.66. The number of nitrogen functional groups attached to an aromatic ring is 1. The van der Waals surface area contributed by atoms with Gasteiger partial charge in [-0.2, -0.15) is 0 Å². The van der Waals surface area contributed by atoms with E-state index in [9.17, 15) is 4.79 Å². The van der Waals surface area contributed by atoms with Crippen LogP contribution in [0.25, 0.3) is 0 Å². The number of aromatic nitrogens is 1. The zero-order chi connectivity index (χ0) is 13.7. The van der Waals surface area contributed by atoms with Crippen molar-refractivity contribution in [2.75, 3.05) is 12.3 Å². The Morgan fingerprint density at radius 2 is 2.21 bits per heavy atom. The quantitative estimate of drug-likeness (QED) is 0.850. The van der Waals surface area contributed by atoms with Crippen LogP contribution in [0.2, 0.25) is 0 Å². The molecule has 19 heavy (non-hydrogen) atoms. The molecule has 0 aliphatic heterocycles. The molecule has 2 aromatic rings. The number of amides is 1. The van der Waals surface area contributed by atoms with E-state index in [-0.39, 0.29) is 5.91 Å². The molecule has 0 saturated carbocycles. The fourth-order valence-corrected chi connectivity index (χ4v) is 2.11. The van der Waals surface area contributed by atoms with Gasteiger partial charge >= 0.3 is 0 Å². The number of hydrogen-bond donors (Lipinski definition) is 2. The average molecular weight is 320 g/mol. The Bertz CT molecular complexity index is 572. The lowest BCUT2D eigenvalue weighted by Gasteiger charge is -2.07. The molecule has 0 saturated heterocycles. The molecule has 0 unspecified atom stereocenters. The highest BCUT2D eigenvalue weighted by Gasteiger charge is 2.09. The Morgan fingerprint density at radius 3 is 2.95 bits per heavy atom. The highest BCUT2D eigenvalue weighted by atomic mass is 79.9. The van der Waals surface area contributed by atoms with E-state index in [2.05, 4.69) is 26.2 Å². The number of pyridine rings is 1. The van der Waals surface area contributed by atoms with Gasteiger partial charge in [0.25, 0.3) is 5.91 Å². The van der Waals surface area contributed by atoms with Gasteiger partial charge in [0.1, 0.15) is 0 Å². The van der Waals surface area contributed by atoms with Gasteiger partial charge in [0.2, 0.25) is 0 Å². The molecule has 4 nitrogen and oxygen atoms in total. The first-order chi connectivity index (χ1) is 9.16. The van der Waals surface area contributed by atoms with E-state index in [1.54, 1.807) is 30.6 Å². The van der Waals surface area contributed by atoms with Crippen molar-refractivity contribution in [3.05, 3.63) is 58.3 Å². The van der Waals surface area contributed by atoms with Crippen molar-refractivity contribution in [1.82, 2.24) is 10.3 Å². The summed E-state index contributed by atoms with van der Waals surface area (Å²) in [6, 6.07) is 9.03. The van der Waals surface area contributed by atoms with Crippen LogP contribution in [0, 0.1) is 0 Å².